The van der Waals surface area contributed by atoms with Crippen LogP contribution in [0.15, 0.2) is 24.3 Å². The van der Waals surface area contributed by atoms with Crippen LogP contribution in [0, 0.1) is 12.8 Å². The minimum Gasteiger partial charge on any atom is -0.309 e. The van der Waals surface area contributed by atoms with E-state index in [-0.39, 0.29) is 23.5 Å². The molecule has 0 saturated carbocycles. The van der Waals surface area contributed by atoms with Gasteiger partial charge in [0.15, 0.2) is 9.84 Å². The average Bonchev–Trinajstić information content (AvgIpc) is 2.42. The molecule has 0 aliphatic carbocycles. The molecular formula is C17H29NO2S. The zero-order valence-corrected chi connectivity index (χ0v) is 14.5. The van der Waals surface area contributed by atoms with E-state index in [9.17, 15) is 8.42 Å². The molecule has 0 aliphatic heterocycles. The Morgan fingerprint density at radius 2 is 1.90 bits per heavy atom. The zero-order chi connectivity index (χ0) is 15.9. The summed E-state index contributed by atoms with van der Waals surface area (Å²) in [5, 5.41) is 3.38. The molecule has 0 bridgehead atoms. The Morgan fingerprint density at radius 1 is 1.19 bits per heavy atom. The van der Waals surface area contributed by atoms with Crippen molar-refractivity contribution >= 4 is 9.84 Å². The van der Waals surface area contributed by atoms with Gasteiger partial charge in [0.05, 0.1) is 11.5 Å². The second-order valence-electron chi connectivity index (χ2n) is 6.01. The first kappa shape index (κ1) is 18.2. The third-order valence-electron chi connectivity index (χ3n) is 3.74. The normalized spacial score (nSPS) is 14.9. The van der Waals surface area contributed by atoms with Crippen LogP contribution >= 0.6 is 0 Å². The van der Waals surface area contributed by atoms with Crippen molar-refractivity contribution in [1.29, 1.82) is 0 Å². The number of hydrogen-bond donors (Lipinski definition) is 1. The van der Waals surface area contributed by atoms with Gasteiger partial charge in [-0.25, -0.2) is 8.42 Å². The summed E-state index contributed by atoms with van der Waals surface area (Å²) in [4.78, 5) is 0. The Hall–Kier alpha value is -0.870. The Kier molecular flexibility index (Phi) is 7.40. The first-order chi connectivity index (χ1) is 9.88. The SMILES string of the molecule is CCCNC(CS(=O)(=O)CC(C)CC)c1cccc(C)c1. The number of aryl methyl sites for hydroxylation is 1. The highest BCUT2D eigenvalue weighted by Gasteiger charge is 2.22. The molecule has 2 unspecified atom stereocenters. The van der Waals surface area contributed by atoms with E-state index in [0.717, 1.165) is 30.5 Å². The third-order valence-corrected chi connectivity index (χ3v) is 5.66. The fourth-order valence-electron chi connectivity index (χ4n) is 2.35. The molecule has 0 fully saturated rings. The standard InChI is InChI=1S/C17H29NO2S/c1-5-10-18-17(16-9-7-8-15(4)11-16)13-21(19,20)12-14(3)6-2/h7-9,11,14,17-18H,5-6,10,12-13H2,1-4H3. The minimum atomic E-state index is -3.05. The van der Waals surface area contributed by atoms with Crippen LogP contribution in [0.5, 0.6) is 0 Å². The van der Waals surface area contributed by atoms with Gasteiger partial charge < -0.3 is 5.32 Å². The van der Waals surface area contributed by atoms with Gasteiger partial charge in [-0.15, -0.1) is 0 Å². The average molecular weight is 311 g/mol. The fraction of sp³-hybridized carbons (Fsp3) is 0.647. The maximum Gasteiger partial charge on any atom is 0.152 e. The van der Waals surface area contributed by atoms with Gasteiger partial charge in [0.2, 0.25) is 0 Å². The van der Waals surface area contributed by atoms with Gasteiger partial charge in [-0.2, -0.15) is 0 Å². The number of hydrogen-bond acceptors (Lipinski definition) is 3. The van der Waals surface area contributed by atoms with Crippen LogP contribution in [0.1, 0.15) is 50.8 Å². The molecule has 0 radical (unpaired) electrons. The van der Waals surface area contributed by atoms with Gasteiger partial charge in [0.25, 0.3) is 0 Å². The van der Waals surface area contributed by atoms with Crippen molar-refractivity contribution in [3.05, 3.63) is 35.4 Å². The van der Waals surface area contributed by atoms with Crippen LogP contribution in [0.3, 0.4) is 0 Å². The van der Waals surface area contributed by atoms with Gasteiger partial charge >= 0.3 is 0 Å². The highest BCUT2D eigenvalue weighted by Crippen LogP contribution is 2.18. The fourth-order valence-corrected chi connectivity index (χ4v) is 4.41. The summed E-state index contributed by atoms with van der Waals surface area (Å²) in [6.07, 6.45) is 1.89. The van der Waals surface area contributed by atoms with Crippen molar-refractivity contribution in [2.45, 2.75) is 46.6 Å². The van der Waals surface area contributed by atoms with Crippen LogP contribution in [0.4, 0.5) is 0 Å². The monoisotopic (exact) mass is 311 g/mol. The van der Waals surface area contributed by atoms with Crippen molar-refractivity contribution in [3.63, 3.8) is 0 Å². The van der Waals surface area contributed by atoms with Crippen molar-refractivity contribution < 1.29 is 8.42 Å². The van der Waals surface area contributed by atoms with Crippen LogP contribution in [0.25, 0.3) is 0 Å². The van der Waals surface area contributed by atoms with Crippen molar-refractivity contribution in [2.24, 2.45) is 5.92 Å². The maximum atomic E-state index is 12.4. The van der Waals surface area contributed by atoms with E-state index in [1.54, 1.807) is 0 Å². The van der Waals surface area contributed by atoms with Gasteiger partial charge in [-0.05, 0) is 31.4 Å². The van der Waals surface area contributed by atoms with Gasteiger partial charge in [0, 0.05) is 6.04 Å². The largest absolute Gasteiger partial charge is 0.309 e. The predicted molar refractivity (Wildman–Crippen MR) is 90.3 cm³/mol. The molecule has 2 atom stereocenters. The zero-order valence-electron chi connectivity index (χ0n) is 13.7. The molecule has 0 saturated heterocycles. The van der Waals surface area contributed by atoms with E-state index in [2.05, 4.69) is 18.3 Å². The molecule has 0 heterocycles. The molecule has 4 heteroatoms. The van der Waals surface area contributed by atoms with Crippen LogP contribution in [0.2, 0.25) is 0 Å². The van der Waals surface area contributed by atoms with Crippen LogP contribution < -0.4 is 5.32 Å². The molecule has 1 N–H and O–H groups in total. The first-order valence-electron chi connectivity index (χ1n) is 7.88. The first-order valence-corrected chi connectivity index (χ1v) is 9.70. The van der Waals surface area contributed by atoms with Gasteiger partial charge in [-0.1, -0.05) is 57.0 Å². The lowest BCUT2D eigenvalue weighted by Gasteiger charge is -2.20. The number of sulfone groups is 1. The molecule has 0 aliphatic rings. The lowest BCUT2D eigenvalue weighted by atomic mass is 10.1. The molecule has 120 valence electrons. The van der Waals surface area contributed by atoms with Crippen LogP contribution in [-0.2, 0) is 9.84 Å². The lowest BCUT2D eigenvalue weighted by Crippen LogP contribution is -2.31. The highest BCUT2D eigenvalue weighted by atomic mass is 32.2. The van der Waals surface area contributed by atoms with E-state index >= 15 is 0 Å². The Labute approximate surface area is 130 Å². The molecule has 3 nitrogen and oxygen atoms in total. The summed E-state index contributed by atoms with van der Waals surface area (Å²) in [6, 6.07) is 8.00. The van der Waals surface area contributed by atoms with Crippen molar-refractivity contribution in [1.82, 2.24) is 5.32 Å². The summed E-state index contributed by atoms with van der Waals surface area (Å²) in [5.74, 6) is 0.680. The van der Waals surface area contributed by atoms with Gasteiger partial charge in [0.1, 0.15) is 0 Å². The Balaban J connectivity index is 2.88. The molecular weight excluding hydrogens is 282 g/mol. The summed E-state index contributed by atoms with van der Waals surface area (Å²) in [6.45, 7) is 8.99. The number of nitrogens with one attached hydrogen (secondary N) is 1. The molecule has 0 amide bonds. The minimum absolute atomic E-state index is 0.112. The second kappa shape index (κ2) is 8.54. The molecule has 1 aromatic rings. The van der Waals surface area contributed by atoms with Crippen molar-refractivity contribution in [2.75, 3.05) is 18.1 Å². The summed E-state index contributed by atoms with van der Waals surface area (Å²) < 4.78 is 24.8. The van der Waals surface area contributed by atoms with E-state index < -0.39 is 9.84 Å². The number of rotatable bonds is 9. The summed E-state index contributed by atoms with van der Waals surface area (Å²) in [5.41, 5.74) is 2.23. The number of benzene rings is 1. The predicted octanol–water partition coefficient (Wildman–Crippen LogP) is 3.50. The summed E-state index contributed by atoms with van der Waals surface area (Å²) >= 11 is 0. The topological polar surface area (TPSA) is 46.2 Å². The molecule has 0 spiro atoms. The second-order valence-corrected chi connectivity index (χ2v) is 8.16. The lowest BCUT2D eigenvalue weighted by molar-refractivity contribution is 0.533. The van der Waals surface area contributed by atoms with E-state index in [1.165, 1.54) is 0 Å². The Morgan fingerprint density at radius 3 is 2.48 bits per heavy atom. The third kappa shape index (κ3) is 6.62. The summed E-state index contributed by atoms with van der Waals surface area (Å²) in [7, 11) is -3.05. The molecule has 1 aromatic carbocycles. The highest BCUT2D eigenvalue weighted by molar-refractivity contribution is 7.91. The van der Waals surface area contributed by atoms with E-state index in [0.29, 0.717) is 0 Å². The van der Waals surface area contributed by atoms with E-state index in [1.807, 2.05) is 39.0 Å². The molecule has 0 aromatic heterocycles. The van der Waals surface area contributed by atoms with E-state index in [4.69, 9.17) is 0 Å². The van der Waals surface area contributed by atoms with Crippen LogP contribution in [-0.4, -0.2) is 26.5 Å². The smallest absolute Gasteiger partial charge is 0.152 e. The van der Waals surface area contributed by atoms with Gasteiger partial charge in [-0.3, -0.25) is 0 Å². The Bertz CT molecular complexity index is 525. The quantitative estimate of drug-likeness (QED) is 0.759. The molecule has 21 heavy (non-hydrogen) atoms. The molecule has 1 rings (SSSR count). The maximum absolute atomic E-state index is 12.4. The van der Waals surface area contributed by atoms with Crippen molar-refractivity contribution in [3.8, 4) is 0 Å².